The van der Waals surface area contributed by atoms with Crippen molar-refractivity contribution in [3.8, 4) is 0 Å². The molecule has 1 aromatic rings. The van der Waals surface area contributed by atoms with Gasteiger partial charge in [0, 0.05) is 32.3 Å². The molecule has 20 heavy (non-hydrogen) atoms. The molecule has 2 rings (SSSR count). The summed E-state index contributed by atoms with van der Waals surface area (Å²) < 4.78 is 5.41. The molecule has 112 valence electrons. The third-order valence-corrected chi connectivity index (χ3v) is 4.24. The molecule has 0 saturated carbocycles. The van der Waals surface area contributed by atoms with Gasteiger partial charge in [0.25, 0.3) is 0 Å². The molecule has 1 atom stereocenters. The molecule has 0 aromatic heterocycles. The van der Waals surface area contributed by atoms with E-state index >= 15 is 0 Å². The molecule has 1 unspecified atom stereocenters. The van der Waals surface area contributed by atoms with Crippen molar-refractivity contribution in [3.63, 3.8) is 0 Å². The average Bonchev–Trinajstić information content (AvgIpc) is 2.48. The molecule has 0 spiro atoms. The van der Waals surface area contributed by atoms with Gasteiger partial charge in [-0.1, -0.05) is 31.2 Å². The Morgan fingerprint density at radius 1 is 1.25 bits per heavy atom. The summed E-state index contributed by atoms with van der Waals surface area (Å²) in [5.41, 5.74) is 8.94. The normalized spacial score (nSPS) is 18.4. The van der Waals surface area contributed by atoms with Crippen LogP contribution in [0.25, 0.3) is 0 Å². The smallest absolute Gasteiger partial charge is 0.0469 e. The van der Waals surface area contributed by atoms with E-state index in [1.54, 1.807) is 0 Å². The monoisotopic (exact) mass is 276 g/mol. The molecule has 2 N–H and O–H groups in total. The molecule has 3 nitrogen and oxygen atoms in total. The average molecular weight is 276 g/mol. The lowest BCUT2D eigenvalue weighted by molar-refractivity contribution is 0.0551. The molecule has 3 heteroatoms. The van der Waals surface area contributed by atoms with E-state index in [0.717, 1.165) is 38.6 Å². The lowest BCUT2D eigenvalue weighted by atomic mass is 9.99. The number of ether oxygens (including phenoxy) is 1. The van der Waals surface area contributed by atoms with E-state index in [0.29, 0.717) is 0 Å². The van der Waals surface area contributed by atoms with Crippen LogP contribution in [0.2, 0.25) is 0 Å². The van der Waals surface area contributed by atoms with Gasteiger partial charge in [-0.25, -0.2) is 0 Å². The first-order chi connectivity index (χ1) is 9.69. The number of nitrogens with zero attached hydrogens (tertiary/aromatic N) is 1. The van der Waals surface area contributed by atoms with E-state index in [-0.39, 0.29) is 6.04 Å². The minimum absolute atomic E-state index is 0.103. The van der Waals surface area contributed by atoms with Crippen LogP contribution >= 0.6 is 0 Å². The van der Waals surface area contributed by atoms with Gasteiger partial charge < -0.3 is 15.4 Å². The summed E-state index contributed by atoms with van der Waals surface area (Å²) in [6.07, 6.45) is 3.45. The second kappa shape index (κ2) is 7.77. The Bertz CT molecular complexity index is 384. The number of rotatable bonds is 6. The van der Waals surface area contributed by atoms with Gasteiger partial charge >= 0.3 is 0 Å². The molecule has 1 aliphatic rings. The maximum Gasteiger partial charge on any atom is 0.0469 e. The summed E-state index contributed by atoms with van der Waals surface area (Å²) >= 11 is 0. The second-order valence-corrected chi connectivity index (χ2v) is 5.98. The molecule has 0 amide bonds. The predicted octanol–water partition coefficient (Wildman–Crippen LogP) is 2.61. The van der Waals surface area contributed by atoms with Gasteiger partial charge in [0.1, 0.15) is 0 Å². The fourth-order valence-electron chi connectivity index (χ4n) is 2.89. The molecule has 0 aliphatic carbocycles. The highest BCUT2D eigenvalue weighted by molar-refractivity contribution is 5.25. The van der Waals surface area contributed by atoms with Gasteiger partial charge in [-0.2, -0.15) is 0 Å². The van der Waals surface area contributed by atoms with Crippen LogP contribution in [0.1, 0.15) is 36.9 Å². The van der Waals surface area contributed by atoms with Crippen molar-refractivity contribution in [3.05, 3.63) is 35.4 Å². The van der Waals surface area contributed by atoms with Crippen LogP contribution in [0.5, 0.6) is 0 Å². The summed E-state index contributed by atoms with van der Waals surface area (Å²) in [5.74, 6) is 0.767. The Kier molecular flexibility index (Phi) is 6.02. The van der Waals surface area contributed by atoms with Gasteiger partial charge in [0.15, 0.2) is 0 Å². The third-order valence-electron chi connectivity index (χ3n) is 4.24. The summed E-state index contributed by atoms with van der Waals surface area (Å²) in [7, 11) is 2.18. The van der Waals surface area contributed by atoms with Gasteiger partial charge in [-0.15, -0.1) is 0 Å². The van der Waals surface area contributed by atoms with Crippen molar-refractivity contribution in [2.24, 2.45) is 11.7 Å². The van der Waals surface area contributed by atoms with Gasteiger partial charge in [0.05, 0.1) is 0 Å². The van der Waals surface area contributed by atoms with Crippen molar-refractivity contribution in [1.29, 1.82) is 0 Å². The first kappa shape index (κ1) is 15.5. The number of hydrogen-bond donors (Lipinski definition) is 1. The molecular weight excluding hydrogens is 248 g/mol. The standard InChI is InChI=1S/C17H28N2O/c1-3-14-4-6-16(7-5-14)17(18)13-19(2)12-15-8-10-20-11-9-15/h4-7,15,17H,3,8-13,18H2,1-2H3. The van der Waals surface area contributed by atoms with Crippen molar-refractivity contribution in [2.45, 2.75) is 32.2 Å². The van der Waals surface area contributed by atoms with Crippen LogP contribution < -0.4 is 5.73 Å². The zero-order valence-corrected chi connectivity index (χ0v) is 12.8. The van der Waals surface area contributed by atoms with Crippen LogP contribution in [0.3, 0.4) is 0 Å². The topological polar surface area (TPSA) is 38.5 Å². The first-order valence-electron chi connectivity index (χ1n) is 7.79. The number of likely N-dealkylation sites (N-methyl/N-ethyl adjacent to an activating group) is 1. The lowest BCUT2D eigenvalue weighted by Crippen LogP contribution is -2.34. The van der Waals surface area contributed by atoms with Crippen molar-refractivity contribution in [1.82, 2.24) is 4.90 Å². The molecule has 1 aromatic carbocycles. The first-order valence-corrected chi connectivity index (χ1v) is 7.79. The Morgan fingerprint density at radius 3 is 2.50 bits per heavy atom. The molecule has 1 fully saturated rings. The Morgan fingerprint density at radius 2 is 1.90 bits per heavy atom. The molecule has 1 saturated heterocycles. The summed E-state index contributed by atoms with van der Waals surface area (Å²) in [4.78, 5) is 2.37. The largest absolute Gasteiger partial charge is 0.381 e. The quantitative estimate of drug-likeness (QED) is 0.868. The highest BCUT2D eigenvalue weighted by Crippen LogP contribution is 2.18. The van der Waals surface area contributed by atoms with E-state index in [1.807, 2.05) is 0 Å². The summed E-state index contributed by atoms with van der Waals surface area (Å²) in [6.45, 7) is 6.07. The molecular formula is C17H28N2O. The van der Waals surface area contributed by atoms with E-state index in [9.17, 15) is 0 Å². The minimum atomic E-state index is 0.103. The van der Waals surface area contributed by atoms with E-state index < -0.39 is 0 Å². The highest BCUT2D eigenvalue weighted by Gasteiger charge is 2.17. The fourth-order valence-corrected chi connectivity index (χ4v) is 2.89. The second-order valence-electron chi connectivity index (χ2n) is 5.98. The zero-order valence-electron chi connectivity index (χ0n) is 12.8. The fraction of sp³-hybridized carbons (Fsp3) is 0.647. The number of benzene rings is 1. The lowest BCUT2D eigenvalue weighted by Gasteiger charge is -2.28. The SMILES string of the molecule is CCc1ccc(C(N)CN(C)CC2CCOCC2)cc1. The number of aryl methyl sites for hydroxylation is 1. The van der Waals surface area contributed by atoms with Crippen molar-refractivity contribution in [2.75, 3.05) is 33.4 Å². The molecule has 1 heterocycles. The van der Waals surface area contributed by atoms with E-state index in [2.05, 4.69) is 43.1 Å². The van der Waals surface area contributed by atoms with Gasteiger partial charge in [-0.05, 0) is 43.4 Å². The molecule has 1 aliphatic heterocycles. The zero-order chi connectivity index (χ0) is 14.4. The predicted molar refractivity (Wildman–Crippen MR) is 83.8 cm³/mol. The van der Waals surface area contributed by atoms with Crippen LogP contribution in [0.15, 0.2) is 24.3 Å². The van der Waals surface area contributed by atoms with Crippen LogP contribution in [-0.4, -0.2) is 38.3 Å². The van der Waals surface area contributed by atoms with Crippen LogP contribution in [-0.2, 0) is 11.2 Å². The number of nitrogens with two attached hydrogens (primary N) is 1. The number of hydrogen-bond acceptors (Lipinski definition) is 3. The maximum absolute atomic E-state index is 6.33. The van der Waals surface area contributed by atoms with Crippen LogP contribution in [0, 0.1) is 5.92 Å². The minimum Gasteiger partial charge on any atom is -0.381 e. The highest BCUT2D eigenvalue weighted by atomic mass is 16.5. The third kappa shape index (κ3) is 4.58. The Labute approximate surface area is 123 Å². The molecule has 0 radical (unpaired) electrons. The van der Waals surface area contributed by atoms with E-state index in [4.69, 9.17) is 10.5 Å². The van der Waals surface area contributed by atoms with E-state index in [1.165, 1.54) is 24.0 Å². The summed E-state index contributed by atoms with van der Waals surface area (Å²) in [5, 5.41) is 0. The Balaban J connectivity index is 1.81. The Hall–Kier alpha value is -0.900. The van der Waals surface area contributed by atoms with Crippen LogP contribution in [0.4, 0.5) is 0 Å². The molecule has 0 bridgehead atoms. The van der Waals surface area contributed by atoms with Gasteiger partial charge in [0.2, 0.25) is 0 Å². The van der Waals surface area contributed by atoms with Gasteiger partial charge in [-0.3, -0.25) is 0 Å². The maximum atomic E-state index is 6.33. The van der Waals surface area contributed by atoms with Crippen molar-refractivity contribution >= 4 is 0 Å². The summed E-state index contributed by atoms with van der Waals surface area (Å²) in [6, 6.07) is 8.82. The van der Waals surface area contributed by atoms with Crippen molar-refractivity contribution < 1.29 is 4.74 Å².